The van der Waals surface area contributed by atoms with Gasteiger partial charge >= 0.3 is 0 Å². The lowest BCUT2D eigenvalue weighted by Gasteiger charge is -2.25. The van der Waals surface area contributed by atoms with Crippen LogP contribution in [0.4, 0.5) is 0 Å². The molecule has 0 aromatic heterocycles. The molecule has 0 fully saturated rings. The van der Waals surface area contributed by atoms with Gasteiger partial charge in [-0.15, -0.1) is 0 Å². The second-order valence-electron chi connectivity index (χ2n) is 6.13. The number of thiocarbonyl (C=S) groups is 1. The molecule has 23 heavy (non-hydrogen) atoms. The highest BCUT2D eigenvalue weighted by Gasteiger charge is 2.32. The molecule has 0 aliphatic carbocycles. The molecule has 3 nitrogen and oxygen atoms in total. The SMILES string of the molecule is Cc1cc(C)c(C2CC(c3ccccc3)=NN2C(N)=S)c(C)c1. The topological polar surface area (TPSA) is 41.6 Å². The highest BCUT2D eigenvalue weighted by Crippen LogP contribution is 2.36. The van der Waals surface area contributed by atoms with E-state index >= 15 is 0 Å². The molecule has 2 N–H and O–H groups in total. The molecule has 0 radical (unpaired) electrons. The Morgan fingerprint density at radius 2 is 1.74 bits per heavy atom. The van der Waals surface area contributed by atoms with Crippen LogP contribution in [0, 0.1) is 20.8 Å². The lowest BCUT2D eigenvalue weighted by molar-refractivity contribution is 0.370. The minimum atomic E-state index is 0.0725. The average Bonchev–Trinajstić information content (AvgIpc) is 2.92. The molecule has 0 saturated heterocycles. The first-order chi connectivity index (χ1) is 11.0. The molecular weight excluding hydrogens is 302 g/mol. The molecule has 4 heteroatoms. The van der Waals surface area contributed by atoms with Gasteiger partial charge in [-0.3, -0.25) is 0 Å². The summed E-state index contributed by atoms with van der Waals surface area (Å²) < 4.78 is 0. The van der Waals surface area contributed by atoms with Crippen molar-refractivity contribution in [2.45, 2.75) is 33.2 Å². The summed E-state index contributed by atoms with van der Waals surface area (Å²) in [5.74, 6) is 0. The van der Waals surface area contributed by atoms with E-state index in [1.165, 1.54) is 22.3 Å². The molecule has 1 unspecified atom stereocenters. The highest BCUT2D eigenvalue weighted by molar-refractivity contribution is 7.80. The van der Waals surface area contributed by atoms with Gasteiger partial charge in [-0.25, -0.2) is 5.01 Å². The van der Waals surface area contributed by atoms with Gasteiger partial charge in [0.25, 0.3) is 0 Å². The maximum atomic E-state index is 5.95. The fraction of sp³-hybridized carbons (Fsp3) is 0.263. The zero-order valence-corrected chi connectivity index (χ0v) is 14.5. The summed E-state index contributed by atoms with van der Waals surface area (Å²) in [6.45, 7) is 6.41. The van der Waals surface area contributed by atoms with Gasteiger partial charge < -0.3 is 5.73 Å². The Hall–Kier alpha value is -2.20. The second kappa shape index (κ2) is 6.13. The standard InChI is InChI=1S/C19H21N3S/c1-12-9-13(2)18(14(3)10-12)17-11-16(21-22(17)19(20)23)15-7-5-4-6-8-15/h4-10,17H,11H2,1-3H3,(H2,20,23). The van der Waals surface area contributed by atoms with E-state index in [9.17, 15) is 0 Å². The van der Waals surface area contributed by atoms with Crippen molar-refractivity contribution in [1.82, 2.24) is 5.01 Å². The zero-order chi connectivity index (χ0) is 16.6. The molecule has 118 valence electrons. The monoisotopic (exact) mass is 323 g/mol. The first-order valence-corrected chi connectivity index (χ1v) is 8.17. The zero-order valence-electron chi connectivity index (χ0n) is 13.7. The van der Waals surface area contributed by atoms with Crippen LogP contribution in [0.2, 0.25) is 0 Å². The third-order valence-electron chi connectivity index (χ3n) is 4.31. The van der Waals surface area contributed by atoms with Crippen molar-refractivity contribution < 1.29 is 0 Å². The number of hydrazone groups is 1. The van der Waals surface area contributed by atoms with E-state index in [2.05, 4.69) is 45.0 Å². The van der Waals surface area contributed by atoms with Crippen molar-refractivity contribution in [3.8, 4) is 0 Å². The first kappa shape index (κ1) is 15.7. The predicted molar refractivity (Wildman–Crippen MR) is 99.6 cm³/mol. The molecule has 0 bridgehead atoms. The Labute approximate surface area is 142 Å². The minimum Gasteiger partial charge on any atom is -0.375 e. The molecule has 1 atom stereocenters. The van der Waals surface area contributed by atoms with E-state index in [1.807, 2.05) is 18.2 Å². The van der Waals surface area contributed by atoms with Crippen LogP contribution in [0.5, 0.6) is 0 Å². The lowest BCUT2D eigenvalue weighted by atomic mass is 9.90. The second-order valence-corrected chi connectivity index (χ2v) is 6.55. The highest BCUT2D eigenvalue weighted by atomic mass is 32.1. The van der Waals surface area contributed by atoms with Crippen LogP contribution in [0.3, 0.4) is 0 Å². The molecule has 3 rings (SSSR count). The van der Waals surface area contributed by atoms with Gasteiger partial charge in [0.2, 0.25) is 0 Å². The van der Waals surface area contributed by atoms with Crippen LogP contribution in [-0.4, -0.2) is 15.8 Å². The molecule has 0 spiro atoms. The minimum absolute atomic E-state index is 0.0725. The summed E-state index contributed by atoms with van der Waals surface area (Å²) in [5.41, 5.74) is 13.2. The summed E-state index contributed by atoms with van der Waals surface area (Å²) in [7, 11) is 0. The Kier molecular flexibility index (Phi) is 4.18. The van der Waals surface area contributed by atoms with Gasteiger partial charge in [-0.05, 0) is 55.2 Å². The molecule has 0 saturated carbocycles. The molecular formula is C19H21N3S. The van der Waals surface area contributed by atoms with Crippen molar-refractivity contribution in [2.24, 2.45) is 10.8 Å². The normalized spacial score (nSPS) is 17.3. The summed E-state index contributed by atoms with van der Waals surface area (Å²) in [5, 5.41) is 6.82. The van der Waals surface area contributed by atoms with Gasteiger partial charge in [0, 0.05) is 6.42 Å². The van der Waals surface area contributed by atoms with E-state index in [-0.39, 0.29) is 6.04 Å². The maximum absolute atomic E-state index is 5.95. The number of rotatable bonds is 2. The number of aryl methyl sites for hydroxylation is 3. The number of hydrogen-bond donors (Lipinski definition) is 1. The van der Waals surface area contributed by atoms with Crippen molar-refractivity contribution in [1.29, 1.82) is 0 Å². The van der Waals surface area contributed by atoms with E-state index in [1.54, 1.807) is 5.01 Å². The van der Waals surface area contributed by atoms with Crippen molar-refractivity contribution in [3.05, 3.63) is 70.3 Å². The van der Waals surface area contributed by atoms with Gasteiger partial charge in [0.1, 0.15) is 0 Å². The van der Waals surface area contributed by atoms with Crippen LogP contribution < -0.4 is 5.73 Å². The van der Waals surface area contributed by atoms with E-state index in [4.69, 9.17) is 23.1 Å². The van der Waals surface area contributed by atoms with Gasteiger partial charge in [-0.2, -0.15) is 5.10 Å². The first-order valence-electron chi connectivity index (χ1n) is 7.76. The predicted octanol–water partition coefficient (Wildman–Crippen LogP) is 4.01. The third kappa shape index (κ3) is 2.99. The number of hydrogen-bond acceptors (Lipinski definition) is 2. The van der Waals surface area contributed by atoms with E-state index in [0.717, 1.165) is 17.7 Å². The Morgan fingerprint density at radius 3 is 2.30 bits per heavy atom. The molecule has 2 aromatic rings. The summed E-state index contributed by atoms with van der Waals surface area (Å²) >= 11 is 5.24. The fourth-order valence-corrected chi connectivity index (χ4v) is 3.63. The summed E-state index contributed by atoms with van der Waals surface area (Å²) in [6, 6.07) is 14.7. The largest absolute Gasteiger partial charge is 0.375 e. The Bertz CT molecular complexity index is 757. The summed E-state index contributed by atoms with van der Waals surface area (Å²) in [6.07, 6.45) is 0.812. The van der Waals surface area contributed by atoms with E-state index < -0.39 is 0 Å². The molecule has 1 heterocycles. The fourth-order valence-electron chi connectivity index (χ4n) is 3.46. The van der Waals surface area contributed by atoms with Gasteiger partial charge in [0.15, 0.2) is 5.11 Å². The van der Waals surface area contributed by atoms with E-state index in [0.29, 0.717) is 5.11 Å². The van der Waals surface area contributed by atoms with Crippen molar-refractivity contribution in [2.75, 3.05) is 0 Å². The van der Waals surface area contributed by atoms with Crippen LogP contribution in [0.15, 0.2) is 47.6 Å². The van der Waals surface area contributed by atoms with Crippen molar-refractivity contribution >= 4 is 23.0 Å². The molecule has 0 amide bonds. The Morgan fingerprint density at radius 1 is 1.13 bits per heavy atom. The van der Waals surface area contributed by atoms with Crippen LogP contribution in [-0.2, 0) is 0 Å². The van der Waals surface area contributed by atoms with Crippen molar-refractivity contribution in [3.63, 3.8) is 0 Å². The summed E-state index contributed by atoms with van der Waals surface area (Å²) in [4.78, 5) is 0. The van der Waals surface area contributed by atoms with Crippen LogP contribution in [0.25, 0.3) is 0 Å². The van der Waals surface area contributed by atoms with Crippen LogP contribution >= 0.6 is 12.2 Å². The van der Waals surface area contributed by atoms with Gasteiger partial charge in [0.05, 0.1) is 11.8 Å². The quantitative estimate of drug-likeness (QED) is 0.849. The Balaban J connectivity index is 2.03. The number of nitrogens with two attached hydrogens (primary N) is 1. The molecule has 1 aliphatic rings. The third-order valence-corrected chi connectivity index (χ3v) is 4.50. The lowest BCUT2D eigenvalue weighted by Crippen LogP contribution is -2.32. The molecule has 1 aliphatic heterocycles. The average molecular weight is 323 g/mol. The molecule has 2 aromatic carbocycles. The van der Waals surface area contributed by atoms with Gasteiger partial charge in [-0.1, -0.05) is 48.0 Å². The smallest absolute Gasteiger partial charge is 0.187 e. The maximum Gasteiger partial charge on any atom is 0.187 e. The van der Waals surface area contributed by atoms with Crippen LogP contribution in [0.1, 0.15) is 40.3 Å². The number of nitrogens with zero attached hydrogens (tertiary/aromatic N) is 2. The number of benzene rings is 2.